The summed E-state index contributed by atoms with van der Waals surface area (Å²) in [5, 5.41) is 3.16. The summed E-state index contributed by atoms with van der Waals surface area (Å²) in [6.07, 6.45) is 0. The third-order valence-corrected chi connectivity index (χ3v) is 4.02. The first-order valence-electron chi connectivity index (χ1n) is 5.71. The van der Waals surface area contributed by atoms with Crippen molar-refractivity contribution in [1.82, 2.24) is 14.9 Å². The normalized spacial score (nSPS) is 15.2. The Balaban J connectivity index is 1.93. The molecular weight excluding hydrogens is 288 g/mol. The topological polar surface area (TPSA) is 75.2 Å². The van der Waals surface area contributed by atoms with Gasteiger partial charge in [-0.3, -0.25) is 14.5 Å². The van der Waals surface area contributed by atoms with Crippen molar-refractivity contribution in [3.8, 4) is 0 Å². The summed E-state index contributed by atoms with van der Waals surface area (Å²) in [4.78, 5) is 32.3. The van der Waals surface area contributed by atoms with E-state index >= 15 is 0 Å². The molecule has 0 atom stereocenters. The highest BCUT2D eigenvalue weighted by molar-refractivity contribution is 8.14. The maximum absolute atomic E-state index is 11.4. The molecule has 0 saturated carbocycles. The van der Waals surface area contributed by atoms with Gasteiger partial charge in [0.15, 0.2) is 0 Å². The van der Waals surface area contributed by atoms with Crippen molar-refractivity contribution in [1.29, 1.82) is 0 Å². The number of rotatable bonds is 4. The van der Waals surface area contributed by atoms with E-state index in [0.717, 1.165) is 23.0 Å². The lowest BCUT2D eigenvalue weighted by atomic mass is 10.3. The number of thioether (sulfide) groups is 1. The summed E-state index contributed by atoms with van der Waals surface area (Å²) in [6, 6.07) is 0. The third kappa shape index (κ3) is 3.16. The van der Waals surface area contributed by atoms with Crippen LogP contribution in [0, 0.1) is 13.8 Å². The van der Waals surface area contributed by atoms with E-state index in [-0.39, 0.29) is 16.9 Å². The Morgan fingerprint density at radius 2 is 2.11 bits per heavy atom. The molecule has 1 N–H and O–H groups in total. The van der Waals surface area contributed by atoms with E-state index in [4.69, 9.17) is 11.6 Å². The Hall–Kier alpha value is -1.34. The number of amides is 2. The van der Waals surface area contributed by atoms with Crippen molar-refractivity contribution in [3.63, 3.8) is 0 Å². The number of anilines is 1. The molecule has 1 saturated heterocycles. The molecule has 0 radical (unpaired) electrons. The predicted molar refractivity (Wildman–Crippen MR) is 74.6 cm³/mol. The fourth-order valence-electron chi connectivity index (χ4n) is 1.55. The van der Waals surface area contributed by atoms with Crippen LogP contribution in [0.5, 0.6) is 0 Å². The average Bonchev–Trinajstić information content (AvgIpc) is 2.67. The SMILES string of the molecule is Cc1nc(NCCN2C(=O)CSC2=O)nc(Cl)c1C. The van der Waals surface area contributed by atoms with Crippen LogP contribution in [0.1, 0.15) is 11.3 Å². The minimum absolute atomic E-state index is 0.157. The molecule has 0 unspecified atom stereocenters. The number of hydrogen-bond acceptors (Lipinski definition) is 6. The summed E-state index contributed by atoms with van der Waals surface area (Å²) in [5.41, 5.74) is 1.64. The van der Waals surface area contributed by atoms with E-state index in [2.05, 4.69) is 15.3 Å². The van der Waals surface area contributed by atoms with Gasteiger partial charge in [0.1, 0.15) is 5.15 Å². The molecular formula is C11H13ClN4O2S. The fourth-order valence-corrected chi connectivity index (χ4v) is 2.52. The van der Waals surface area contributed by atoms with Crippen molar-refractivity contribution in [2.24, 2.45) is 0 Å². The minimum Gasteiger partial charge on any atom is -0.352 e. The first kappa shape index (κ1) is 14.1. The van der Waals surface area contributed by atoms with E-state index in [1.54, 1.807) is 0 Å². The lowest BCUT2D eigenvalue weighted by Crippen LogP contribution is -2.33. The van der Waals surface area contributed by atoms with Crippen LogP contribution in [-0.2, 0) is 4.79 Å². The van der Waals surface area contributed by atoms with Gasteiger partial charge in [-0.15, -0.1) is 0 Å². The Kier molecular flexibility index (Phi) is 4.26. The number of carbonyl (C=O) groups is 2. The number of aromatic nitrogens is 2. The lowest BCUT2D eigenvalue weighted by molar-refractivity contribution is -0.124. The Morgan fingerprint density at radius 1 is 1.37 bits per heavy atom. The largest absolute Gasteiger partial charge is 0.352 e. The monoisotopic (exact) mass is 300 g/mol. The van der Waals surface area contributed by atoms with Gasteiger partial charge in [0.25, 0.3) is 5.24 Å². The number of imide groups is 1. The second kappa shape index (κ2) is 5.75. The molecule has 1 fully saturated rings. The van der Waals surface area contributed by atoms with Crippen molar-refractivity contribution in [3.05, 3.63) is 16.4 Å². The molecule has 0 spiro atoms. The Morgan fingerprint density at radius 3 is 2.68 bits per heavy atom. The molecule has 19 heavy (non-hydrogen) atoms. The molecule has 8 heteroatoms. The average molecular weight is 301 g/mol. The zero-order valence-corrected chi connectivity index (χ0v) is 12.1. The van der Waals surface area contributed by atoms with Gasteiger partial charge in [-0.05, 0) is 13.8 Å². The second-order valence-electron chi connectivity index (χ2n) is 4.08. The van der Waals surface area contributed by atoms with Crippen LogP contribution in [0.2, 0.25) is 5.15 Å². The number of nitrogens with zero attached hydrogens (tertiary/aromatic N) is 3. The highest BCUT2D eigenvalue weighted by Gasteiger charge is 2.29. The molecule has 2 amide bonds. The molecule has 1 aliphatic rings. The van der Waals surface area contributed by atoms with Crippen molar-refractivity contribution < 1.29 is 9.59 Å². The summed E-state index contributed by atoms with van der Waals surface area (Å²) >= 11 is 6.98. The minimum atomic E-state index is -0.203. The van der Waals surface area contributed by atoms with Crippen molar-refractivity contribution >= 4 is 40.5 Å². The molecule has 102 valence electrons. The maximum Gasteiger partial charge on any atom is 0.288 e. The van der Waals surface area contributed by atoms with Crippen LogP contribution < -0.4 is 5.32 Å². The van der Waals surface area contributed by atoms with Gasteiger partial charge in [-0.2, -0.15) is 0 Å². The zero-order valence-electron chi connectivity index (χ0n) is 10.6. The lowest BCUT2D eigenvalue weighted by Gasteiger charge is -2.13. The first-order chi connectivity index (χ1) is 8.99. The molecule has 6 nitrogen and oxygen atoms in total. The van der Waals surface area contributed by atoms with Crippen LogP contribution in [0.3, 0.4) is 0 Å². The Bertz CT molecular complexity index is 498. The van der Waals surface area contributed by atoms with Gasteiger partial charge in [-0.1, -0.05) is 23.4 Å². The third-order valence-electron chi connectivity index (χ3n) is 2.79. The van der Waals surface area contributed by atoms with E-state index < -0.39 is 0 Å². The van der Waals surface area contributed by atoms with Crippen LogP contribution in [-0.4, -0.2) is 44.9 Å². The van der Waals surface area contributed by atoms with Gasteiger partial charge >= 0.3 is 0 Å². The zero-order chi connectivity index (χ0) is 14.0. The highest BCUT2D eigenvalue weighted by atomic mass is 35.5. The predicted octanol–water partition coefficient (Wildman–Crippen LogP) is 1.85. The number of hydrogen-bond donors (Lipinski definition) is 1. The molecule has 1 aromatic rings. The van der Waals surface area contributed by atoms with Gasteiger partial charge in [0.05, 0.1) is 5.75 Å². The summed E-state index contributed by atoms with van der Waals surface area (Å²) < 4.78 is 0. The van der Waals surface area contributed by atoms with Crippen LogP contribution in [0.25, 0.3) is 0 Å². The molecule has 0 bridgehead atoms. The van der Waals surface area contributed by atoms with Crippen LogP contribution >= 0.6 is 23.4 Å². The standard InChI is InChI=1S/C11H13ClN4O2S/c1-6-7(2)14-10(15-9(6)12)13-3-4-16-8(17)5-19-11(16)18/h3-5H2,1-2H3,(H,13,14,15). The summed E-state index contributed by atoms with van der Waals surface area (Å²) in [7, 11) is 0. The molecule has 0 aromatic carbocycles. The number of halogens is 1. The molecule has 0 aliphatic carbocycles. The molecule has 1 aliphatic heterocycles. The highest BCUT2D eigenvalue weighted by Crippen LogP contribution is 2.19. The van der Waals surface area contributed by atoms with E-state index in [1.165, 1.54) is 4.90 Å². The molecule has 1 aromatic heterocycles. The summed E-state index contributed by atoms with van der Waals surface area (Å²) in [6.45, 7) is 4.40. The van der Waals surface area contributed by atoms with E-state index in [1.807, 2.05) is 13.8 Å². The number of aryl methyl sites for hydroxylation is 1. The number of nitrogens with one attached hydrogen (secondary N) is 1. The van der Waals surface area contributed by atoms with Gasteiger partial charge in [-0.25, -0.2) is 9.97 Å². The Labute approximate surface area is 119 Å². The van der Waals surface area contributed by atoms with Crippen LogP contribution in [0.15, 0.2) is 0 Å². The van der Waals surface area contributed by atoms with Crippen molar-refractivity contribution in [2.75, 3.05) is 24.2 Å². The van der Waals surface area contributed by atoms with E-state index in [9.17, 15) is 9.59 Å². The van der Waals surface area contributed by atoms with Crippen LogP contribution in [0.4, 0.5) is 10.7 Å². The van der Waals surface area contributed by atoms with Gasteiger partial charge in [0, 0.05) is 24.3 Å². The van der Waals surface area contributed by atoms with Gasteiger partial charge in [0.2, 0.25) is 11.9 Å². The quantitative estimate of drug-likeness (QED) is 0.855. The fraction of sp³-hybridized carbons (Fsp3) is 0.455. The smallest absolute Gasteiger partial charge is 0.288 e. The first-order valence-corrected chi connectivity index (χ1v) is 7.07. The summed E-state index contributed by atoms with van der Waals surface area (Å²) in [5.74, 6) is 0.473. The second-order valence-corrected chi connectivity index (χ2v) is 5.36. The maximum atomic E-state index is 11.4. The molecule has 2 rings (SSSR count). The molecule has 2 heterocycles. The number of carbonyl (C=O) groups excluding carboxylic acids is 2. The van der Waals surface area contributed by atoms with E-state index in [0.29, 0.717) is 24.2 Å². The van der Waals surface area contributed by atoms with Gasteiger partial charge < -0.3 is 5.32 Å². The van der Waals surface area contributed by atoms with Crippen molar-refractivity contribution in [2.45, 2.75) is 13.8 Å².